The number of aromatic nitrogens is 1. The number of nitrogens with one attached hydrogen (secondary N) is 1. The van der Waals surface area contributed by atoms with E-state index in [9.17, 15) is 13.2 Å². The van der Waals surface area contributed by atoms with Gasteiger partial charge in [-0.05, 0) is 64.2 Å². The van der Waals surface area contributed by atoms with E-state index in [1.54, 1.807) is 24.3 Å². The Bertz CT molecular complexity index is 1040. The topological polar surface area (TPSA) is 77.4 Å². The molecule has 2 aromatic rings. The highest BCUT2D eigenvalue weighted by Crippen LogP contribution is 2.41. The molecule has 30 heavy (non-hydrogen) atoms. The SMILES string of the molecule is Cc1ccc(S(=O)(=O)c2c(C)c(C)n(C3CCCC3)c2NC(=O)[C@H]2CCCO2)cc1. The fraction of sp³-hybridized carbons (Fsp3) is 0.522. The van der Waals surface area contributed by atoms with E-state index >= 15 is 0 Å². The molecular weight excluding hydrogens is 400 g/mol. The lowest BCUT2D eigenvalue weighted by Crippen LogP contribution is -2.29. The van der Waals surface area contributed by atoms with Gasteiger partial charge in [0.2, 0.25) is 9.84 Å². The minimum atomic E-state index is -3.79. The average Bonchev–Trinajstić information content (AvgIpc) is 3.45. The smallest absolute Gasteiger partial charge is 0.254 e. The van der Waals surface area contributed by atoms with Gasteiger partial charge in [0.25, 0.3) is 5.91 Å². The minimum Gasteiger partial charge on any atom is -0.368 e. The number of rotatable bonds is 5. The lowest BCUT2D eigenvalue weighted by Gasteiger charge is -2.21. The molecule has 7 heteroatoms. The summed E-state index contributed by atoms with van der Waals surface area (Å²) in [4.78, 5) is 13.4. The van der Waals surface area contributed by atoms with Crippen LogP contribution in [0.3, 0.4) is 0 Å². The first-order valence-electron chi connectivity index (χ1n) is 10.8. The Kier molecular flexibility index (Phi) is 5.77. The largest absolute Gasteiger partial charge is 0.368 e. The van der Waals surface area contributed by atoms with Crippen molar-refractivity contribution in [2.75, 3.05) is 11.9 Å². The molecule has 2 fully saturated rings. The lowest BCUT2D eigenvalue weighted by molar-refractivity contribution is -0.124. The number of carbonyl (C=O) groups excluding carboxylic acids is 1. The van der Waals surface area contributed by atoms with E-state index in [0.29, 0.717) is 24.4 Å². The van der Waals surface area contributed by atoms with Crippen molar-refractivity contribution in [2.24, 2.45) is 0 Å². The summed E-state index contributed by atoms with van der Waals surface area (Å²) in [6.07, 6.45) is 5.18. The molecule has 1 N–H and O–H groups in total. The third-order valence-corrected chi connectivity index (χ3v) is 8.38. The van der Waals surface area contributed by atoms with Crippen LogP contribution in [-0.2, 0) is 19.4 Å². The Labute approximate surface area is 178 Å². The number of aryl methyl sites for hydroxylation is 1. The second kappa shape index (κ2) is 8.19. The zero-order valence-corrected chi connectivity index (χ0v) is 18.7. The van der Waals surface area contributed by atoms with Crippen LogP contribution < -0.4 is 5.32 Å². The van der Waals surface area contributed by atoms with Crippen LogP contribution in [0.5, 0.6) is 0 Å². The van der Waals surface area contributed by atoms with Gasteiger partial charge in [-0.1, -0.05) is 30.5 Å². The highest BCUT2D eigenvalue weighted by Gasteiger charge is 2.35. The van der Waals surface area contributed by atoms with E-state index in [0.717, 1.165) is 43.4 Å². The van der Waals surface area contributed by atoms with E-state index < -0.39 is 15.9 Å². The van der Waals surface area contributed by atoms with Crippen molar-refractivity contribution in [3.8, 4) is 0 Å². The Morgan fingerprint density at radius 1 is 1.03 bits per heavy atom. The van der Waals surface area contributed by atoms with Gasteiger partial charge in [0.1, 0.15) is 16.8 Å². The number of hydrogen-bond acceptors (Lipinski definition) is 4. The molecule has 6 nitrogen and oxygen atoms in total. The zero-order valence-electron chi connectivity index (χ0n) is 17.9. The van der Waals surface area contributed by atoms with Gasteiger partial charge >= 0.3 is 0 Å². The van der Waals surface area contributed by atoms with Gasteiger partial charge in [-0.25, -0.2) is 8.42 Å². The molecule has 4 rings (SSSR count). The molecule has 0 bridgehead atoms. The fourth-order valence-corrected chi connectivity index (χ4v) is 6.37. The van der Waals surface area contributed by atoms with Crippen molar-refractivity contribution in [3.05, 3.63) is 41.1 Å². The molecule has 2 aliphatic rings. The quantitative estimate of drug-likeness (QED) is 0.759. The summed E-state index contributed by atoms with van der Waals surface area (Å²) in [6.45, 7) is 6.27. The summed E-state index contributed by atoms with van der Waals surface area (Å²) in [5.74, 6) is 0.141. The summed E-state index contributed by atoms with van der Waals surface area (Å²) >= 11 is 0. The van der Waals surface area contributed by atoms with E-state index in [2.05, 4.69) is 9.88 Å². The number of hydrogen-bond donors (Lipinski definition) is 1. The molecule has 1 saturated heterocycles. The maximum Gasteiger partial charge on any atom is 0.254 e. The van der Waals surface area contributed by atoms with Gasteiger partial charge in [0.05, 0.1) is 4.90 Å². The fourth-order valence-electron chi connectivity index (χ4n) is 4.68. The maximum absolute atomic E-state index is 13.7. The highest BCUT2D eigenvalue weighted by atomic mass is 32.2. The van der Waals surface area contributed by atoms with Gasteiger partial charge < -0.3 is 14.6 Å². The van der Waals surface area contributed by atoms with Crippen LogP contribution in [0.15, 0.2) is 34.1 Å². The van der Waals surface area contributed by atoms with Gasteiger partial charge in [-0.15, -0.1) is 0 Å². The Balaban J connectivity index is 1.85. The van der Waals surface area contributed by atoms with Crippen molar-refractivity contribution >= 4 is 21.6 Å². The van der Waals surface area contributed by atoms with Gasteiger partial charge in [-0.3, -0.25) is 4.79 Å². The normalized spacial score (nSPS) is 20.0. The van der Waals surface area contributed by atoms with Crippen LogP contribution in [0.2, 0.25) is 0 Å². The van der Waals surface area contributed by atoms with Crippen LogP contribution in [0, 0.1) is 20.8 Å². The molecule has 1 aliphatic carbocycles. The van der Waals surface area contributed by atoms with Crippen LogP contribution >= 0.6 is 0 Å². The first-order valence-corrected chi connectivity index (χ1v) is 12.2. The summed E-state index contributed by atoms with van der Waals surface area (Å²) < 4.78 is 34.9. The van der Waals surface area contributed by atoms with Crippen LogP contribution in [0.1, 0.15) is 61.4 Å². The van der Waals surface area contributed by atoms with Crippen LogP contribution in [0.25, 0.3) is 0 Å². The number of ether oxygens (including phenoxy) is 1. The molecule has 0 spiro atoms. The average molecular weight is 431 g/mol. The Morgan fingerprint density at radius 3 is 2.30 bits per heavy atom. The van der Waals surface area contributed by atoms with Gasteiger partial charge in [0, 0.05) is 18.3 Å². The standard InChI is InChI=1S/C23H30N2O4S/c1-15-10-12-19(13-11-15)30(27,28)21-16(2)17(3)25(18-7-4-5-8-18)22(21)24-23(26)20-9-6-14-29-20/h10-13,18,20H,4-9,14H2,1-3H3,(H,24,26)/t20-/m1/s1. The van der Waals surface area contributed by atoms with E-state index in [-0.39, 0.29) is 21.7 Å². The lowest BCUT2D eigenvalue weighted by atomic mass is 10.2. The van der Waals surface area contributed by atoms with Crippen LogP contribution in [0.4, 0.5) is 5.82 Å². The molecule has 2 heterocycles. The number of carbonyl (C=O) groups is 1. The summed E-state index contributed by atoms with van der Waals surface area (Å²) in [7, 11) is -3.79. The molecule has 1 aliphatic heterocycles. The van der Waals surface area contributed by atoms with E-state index in [1.165, 1.54) is 0 Å². The van der Waals surface area contributed by atoms with E-state index in [4.69, 9.17) is 4.74 Å². The molecule has 162 valence electrons. The zero-order chi connectivity index (χ0) is 21.5. The molecular formula is C23H30N2O4S. The maximum atomic E-state index is 13.7. The molecule has 1 saturated carbocycles. The number of benzene rings is 1. The molecule has 0 radical (unpaired) electrons. The number of sulfone groups is 1. The van der Waals surface area contributed by atoms with Crippen LogP contribution in [-0.4, -0.2) is 31.6 Å². The second-order valence-electron chi connectivity index (χ2n) is 8.50. The number of amides is 1. The predicted molar refractivity (Wildman–Crippen MR) is 116 cm³/mol. The molecule has 1 aromatic heterocycles. The molecule has 1 aromatic carbocycles. The summed E-state index contributed by atoms with van der Waals surface area (Å²) in [5.41, 5.74) is 2.60. The van der Waals surface area contributed by atoms with E-state index in [1.807, 2.05) is 20.8 Å². The summed E-state index contributed by atoms with van der Waals surface area (Å²) in [5, 5.41) is 2.97. The van der Waals surface area contributed by atoms with Crippen molar-refractivity contribution in [1.82, 2.24) is 4.57 Å². The van der Waals surface area contributed by atoms with Gasteiger partial charge in [0.15, 0.2) is 0 Å². The summed E-state index contributed by atoms with van der Waals surface area (Å²) in [6, 6.07) is 7.07. The van der Waals surface area contributed by atoms with Crippen molar-refractivity contribution < 1.29 is 17.9 Å². The number of anilines is 1. The first-order chi connectivity index (χ1) is 14.3. The Hall–Kier alpha value is -2.12. The second-order valence-corrected chi connectivity index (χ2v) is 10.4. The molecule has 0 unspecified atom stereocenters. The highest BCUT2D eigenvalue weighted by molar-refractivity contribution is 7.91. The third-order valence-electron chi connectivity index (χ3n) is 6.45. The molecule has 1 atom stereocenters. The number of nitrogens with zero attached hydrogens (tertiary/aromatic N) is 1. The van der Waals surface area contributed by atoms with Crippen molar-refractivity contribution in [1.29, 1.82) is 0 Å². The van der Waals surface area contributed by atoms with Gasteiger partial charge in [-0.2, -0.15) is 0 Å². The molecule has 1 amide bonds. The van der Waals surface area contributed by atoms with Crippen molar-refractivity contribution in [2.45, 2.75) is 81.2 Å². The third kappa shape index (κ3) is 3.69. The minimum absolute atomic E-state index is 0.200. The van der Waals surface area contributed by atoms with Crippen molar-refractivity contribution in [3.63, 3.8) is 0 Å². The predicted octanol–water partition coefficient (Wildman–Crippen LogP) is 4.48. The monoisotopic (exact) mass is 430 g/mol. The Morgan fingerprint density at radius 2 is 1.70 bits per heavy atom. The first kappa shape index (κ1) is 21.1.